The van der Waals surface area contributed by atoms with Gasteiger partial charge < -0.3 is 65.8 Å². The molecule has 1 saturated carbocycles. The molecule has 7 rings (SSSR count). The molecule has 1 aliphatic carbocycles. The van der Waals surface area contributed by atoms with Crippen molar-refractivity contribution in [3.05, 3.63) is 77.2 Å². The fourth-order valence-corrected chi connectivity index (χ4v) is 10.7. The minimum absolute atomic E-state index is 0.0426. The first-order chi connectivity index (χ1) is 37.6. The highest BCUT2D eigenvalue weighted by molar-refractivity contribution is 7.13. The maximum Gasteiger partial charge on any atom is 0.408 e. The Bertz CT molecular complexity index is 2900. The van der Waals surface area contributed by atoms with Crippen LogP contribution in [0.25, 0.3) is 16.1 Å². The predicted molar refractivity (Wildman–Crippen MR) is 297 cm³/mol. The third kappa shape index (κ3) is 15.6. The monoisotopic (exact) mass is 1110 g/mol. The van der Waals surface area contributed by atoms with Gasteiger partial charge in [-0.05, 0) is 57.1 Å². The van der Waals surface area contributed by atoms with Crippen LogP contribution in [0.4, 0.5) is 22.2 Å². The largest absolute Gasteiger partial charge is 0.497 e. The van der Waals surface area contributed by atoms with Gasteiger partial charge >= 0.3 is 6.09 Å². The van der Waals surface area contributed by atoms with Gasteiger partial charge in [-0.3, -0.25) is 28.5 Å². The van der Waals surface area contributed by atoms with Crippen LogP contribution in [0.1, 0.15) is 95.3 Å². The van der Waals surface area contributed by atoms with Gasteiger partial charge in [-0.15, -0.1) is 11.3 Å². The van der Waals surface area contributed by atoms with Crippen LogP contribution >= 0.6 is 11.3 Å². The summed E-state index contributed by atoms with van der Waals surface area (Å²) in [5.74, 6) is -0.784. The summed E-state index contributed by atoms with van der Waals surface area (Å²) >= 11 is 1.56. The van der Waals surface area contributed by atoms with Crippen molar-refractivity contribution < 1.29 is 57.9 Å². The molecular weight excluding hydrogens is 1040 g/mol. The maximum absolute atomic E-state index is 14.0. The van der Waals surface area contributed by atoms with Gasteiger partial charge in [0.1, 0.15) is 42.4 Å². The van der Waals surface area contributed by atoms with Gasteiger partial charge in [0.15, 0.2) is 11.5 Å². The minimum atomic E-state index is -1.00. The number of carbonyl (C=O) groups excluding carboxylic acids is 4. The van der Waals surface area contributed by atoms with Crippen LogP contribution in [0.3, 0.4) is 0 Å². The van der Waals surface area contributed by atoms with Crippen molar-refractivity contribution in [2.24, 2.45) is 11.1 Å². The highest BCUT2D eigenvalue weighted by atomic mass is 32.1. The maximum atomic E-state index is 14.0. The van der Waals surface area contributed by atoms with Gasteiger partial charge in [-0.2, -0.15) is 4.98 Å². The molecule has 4 heterocycles. The molecule has 0 radical (unpaired) electrons. The lowest BCUT2D eigenvalue weighted by molar-refractivity contribution is -0.144. The van der Waals surface area contributed by atoms with Crippen molar-refractivity contribution in [3.63, 3.8) is 0 Å². The van der Waals surface area contributed by atoms with Crippen LogP contribution in [0.15, 0.2) is 60.4 Å². The Kier molecular flexibility index (Phi) is 20.1. The molecule has 3 aromatic heterocycles. The topological polar surface area (TPSA) is 296 Å². The number of β-amino-alcohol motifs (C(OH)–C–C–N with tert-alkyl or cyclic N) is 1. The number of nitrogens with zero attached hydrogens (tertiary/aromatic N) is 6. The Morgan fingerprint density at radius 2 is 1.59 bits per heavy atom. The summed E-state index contributed by atoms with van der Waals surface area (Å²) in [4.78, 5) is 83.6. The van der Waals surface area contributed by atoms with Gasteiger partial charge in [-0.1, -0.05) is 57.9 Å². The predicted octanol–water partition coefficient (Wildman–Crippen LogP) is 5.75. The smallest absolute Gasteiger partial charge is 0.408 e. The Balaban J connectivity index is 0.835. The number of carbonyl (C=O) groups is 5. The number of aliphatic hydroxyl groups excluding tert-OH is 1. The lowest BCUT2D eigenvalue weighted by Crippen LogP contribution is -2.58. The number of carboxylic acid groups (broad SMARTS) is 1. The SMILES string of the molecule is COc1cc(Nc2nc(N[C@H]3CCCC[C@H]3N(C(=O)O)C(C)(C)C)n3ccnc3c2C(N)=O)cc(OCCOCCOCCOCC(=O)N[C@H](C(=O)N2C[C@H](O)C[C@H]2C(=O)NCc2ccc(-c3scnc3C)cc2)C(C)(C)C)c1. The number of nitrogens with two attached hydrogens (primary N) is 1. The molecule has 1 saturated heterocycles. The molecular formula is C55H75N11O12S. The van der Waals surface area contributed by atoms with Crippen molar-refractivity contribution >= 4 is 64.2 Å². The quantitative estimate of drug-likeness (QED) is 0.0342. The van der Waals surface area contributed by atoms with Crippen LogP contribution in [0, 0.1) is 12.3 Å². The van der Waals surface area contributed by atoms with Crippen LogP contribution < -0.4 is 36.5 Å². The fourth-order valence-electron chi connectivity index (χ4n) is 9.87. The van der Waals surface area contributed by atoms with Crippen molar-refractivity contribution in [2.75, 3.05) is 70.5 Å². The molecule has 24 heteroatoms. The number of aromatic nitrogens is 4. The van der Waals surface area contributed by atoms with Crippen LogP contribution in [-0.2, 0) is 35.1 Å². The zero-order chi connectivity index (χ0) is 57.0. The van der Waals surface area contributed by atoms with Crippen LogP contribution in [0.5, 0.6) is 11.5 Å². The van der Waals surface area contributed by atoms with E-state index in [4.69, 9.17) is 34.4 Å². The molecule has 2 fully saturated rings. The van der Waals surface area contributed by atoms with Crippen LogP contribution in [0.2, 0.25) is 0 Å². The van der Waals surface area contributed by atoms with Crippen molar-refractivity contribution in [1.29, 1.82) is 0 Å². The van der Waals surface area contributed by atoms with Crippen molar-refractivity contribution in [3.8, 4) is 21.9 Å². The number of hydrogen-bond donors (Lipinski definition) is 7. The number of aryl methyl sites for hydroxylation is 1. The molecule has 5 amide bonds. The number of imidazole rings is 1. The number of thiazole rings is 1. The molecule has 428 valence electrons. The lowest BCUT2D eigenvalue weighted by Gasteiger charge is -2.45. The zero-order valence-electron chi connectivity index (χ0n) is 46.2. The Morgan fingerprint density at radius 1 is 0.911 bits per heavy atom. The van der Waals surface area contributed by atoms with E-state index in [-0.39, 0.29) is 94.9 Å². The number of aliphatic hydroxyl groups is 1. The normalized spacial score (nSPS) is 18.0. The minimum Gasteiger partial charge on any atom is -0.497 e. The second-order valence-corrected chi connectivity index (χ2v) is 22.5. The van der Waals surface area contributed by atoms with E-state index in [0.717, 1.165) is 34.5 Å². The van der Waals surface area contributed by atoms with Gasteiger partial charge in [0.05, 0.1) is 68.4 Å². The zero-order valence-corrected chi connectivity index (χ0v) is 47.0. The number of fused-ring (bicyclic) bond motifs is 1. The second kappa shape index (κ2) is 26.7. The first-order valence-electron chi connectivity index (χ1n) is 26.5. The van der Waals surface area contributed by atoms with Crippen molar-refractivity contribution in [1.82, 2.24) is 39.8 Å². The standard InChI is InChI=1S/C55H75N11O12S/c1-33-45(79-32-59-33)35-15-13-34(14-16-35)29-58-50(70)42-27-37(67)30-65(42)51(71)46(54(2,3)4)62-43(68)31-77-22-21-75-19-20-76-23-24-78-39-26-36(25-38(28-39)74-8)60-48-44(47(56)69)49-57-17-18-64(49)52(63-48)61-40-11-9-10-12-41(40)66(53(72)73)55(5,6)7/h13-18,25-26,28,32,37,40-42,46,60,67H,9-12,19-24,27,29-31H2,1-8H3,(H2,56,69)(H,58,70)(H,61,63)(H,62,68)(H,72,73)/t37-,40+,41-,42+,46-/m1/s1. The Morgan fingerprint density at radius 3 is 2.24 bits per heavy atom. The molecule has 23 nitrogen and oxygen atoms in total. The lowest BCUT2D eigenvalue weighted by atomic mass is 9.85. The second-order valence-electron chi connectivity index (χ2n) is 21.7. The molecule has 79 heavy (non-hydrogen) atoms. The number of ether oxygens (including phenoxy) is 5. The first kappa shape index (κ1) is 59.5. The summed E-state index contributed by atoms with van der Waals surface area (Å²) in [6, 6.07) is 10.4. The molecule has 5 atom stereocenters. The Hall–Kier alpha value is -7.12. The highest BCUT2D eigenvalue weighted by Gasteiger charge is 2.45. The van der Waals surface area contributed by atoms with E-state index in [9.17, 15) is 34.2 Å². The number of hydrogen-bond acceptors (Lipinski definition) is 17. The van der Waals surface area contributed by atoms with Gasteiger partial charge in [0, 0.05) is 67.4 Å². The molecule has 0 bridgehead atoms. The number of primary amides is 1. The number of benzene rings is 2. The molecule has 0 spiro atoms. The van der Waals surface area contributed by atoms with E-state index in [1.807, 2.05) is 72.7 Å². The molecule has 5 aromatic rings. The average Bonchev–Trinajstić information content (AvgIpc) is 4.31. The molecule has 0 unspecified atom stereocenters. The van der Waals surface area contributed by atoms with E-state index < -0.39 is 58.9 Å². The fraction of sp³-hybridized carbons (Fsp3) is 0.527. The summed E-state index contributed by atoms with van der Waals surface area (Å²) in [5.41, 5.74) is 9.98. The van der Waals surface area contributed by atoms with E-state index in [1.165, 1.54) is 23.1 Å². The highest BCUT2D eigenvalue weighted by Crippen LogP contribution is 2.35. The molecule has 2 aromatic carbocycles. The summed E-state index contributed by atoms with van der Waals surface area (Å²) in [6.07, 6.45) is 4.52. The van der Waals surface area contributed by atoms with E-state index in [0.29, 0.717) is 36.0 Å². The number of nitrogens with one attached hydrogen (secondary N) is 4. The molecule has 8 N–H and O–H groups in total. The Labute approximate surface area is 463 Å². The third-order valence-electron chi connectivity index (χ3n) is 13.7. The van der Waals surface area contributed by atoms with Gasteiger partial charge in [-0.25, -0.2) is 14.8 Å². The average molecular weight is 1110 g/mol. The van der Waals surface area contributed by atoms with Crippen LogP contribution in [-0.4, -0.2) is 165 Å². The number of likely N-dealkylation sites (tertiary alicyclic amines) is 1. The summed E-state index contributed by atoms with van der Waals surface area (Å²) < 4.78 is 30.1. The summed E-state index contributed by atoms with van der Waals surface area (Å²) in [6.45, 7) is 14.0. The number of anilines is 3. The van der Waals surface area contributed by atoms with E-state index in [2.05, 4.69) is 31.2 Å². The van der Waals surface area contributed by atoms with E-state index >= 15 is 0 Å². The van der Waals surface area contributed by atoms with Gasteiger partial charge in [0.2, 0.25) is 23.7 Å². The van der Waals surface area contributed by atoms with Crippen molar-refractivity contribution in [2.45, 2.75) is 123 Å². The summed E-state index contributed by atoms with van der Waals surface area (Å²) in [5, 5.41) is 33.3. The third-order valence-corrected chi connectivity index (χ3v) is 14.6. The van der Waals surface area contributed by atoms with Gasteiger partial charge in [0.25, 0.3) is 5.91 Å². The number of rotatable bonds is 25. The first-order valence-corrected chi connectivity index (χ1v) is 27.3. The molecule has 1 aliphatic heterocycles. The van der Waals surface area contributed by atoms with E-state index in [1.54, 1.807) is 45.6 Å². The number of methoxy groups -OCH3 is 1. The number of amides is 5. The molecule has 2 aliphatic rings. The summed E-state index contributed by atoms with van der Waals surface area (Å²) in [7, 11) is 1.51.